The molecule has 11 heteroatoms. The van der Waals surface area contributed by atoms with Gasteiger partial charge in [-0.3, -0.25) is 10.1 Å². The van der Waals surface area contributed by atoms with Crippen LogP contribution in [0.2, 0.25) is 0 Å². The first kappa shape index (κ1) is 20.0. The summed E-state index contributed by atoms with van der Waals surface area (Å²) >= 11 is 4.22. The third-order valence-electron chi connectivity index (χ3n) is 4.07. The number of hydrogen-bond acceptors (Lipinski definition) is 9. The average molecular weight is 446 g/mol. The molecule has 0 unspecified atom stereocenters. The molecular formula is C18H19N7OS3. The number of para-hydroxylation sites is 1. The molecule has 1 amide bonds. The lowest BCUT2D eigenvalue weighted by molar-refractivity contribution is -0.113. The van der Waals surface area contributed by atoms with Gasteiger partial charge in [0.25, 0.3) is 0 Å². The van der Waals surface area contributed by atoms with Gasteiger partial charge in [-0.2, -0.15) is 0 Å². The second-order valence-electron chi connectivity index (χ2n) is 6.39. The zero-order valence-electron chi connectivity index (χ0n) is 16.1. The highest BCUT2D eigenvalue weighted by molar-refractivity contribution is 8.01. The molecule has 0 saturated carbocycles. The van der Waals surface area contributed by atoms with E-state index < -0.39 is 0 Å². The van der Waals surface area contributed by atoms with E-state index in [1.807, 2.05) is 25.1 Å². The van der Waals surface area contributed by atoms with Crippen molar-refractivity contribution in [2.45, 2.75) is 36.3 Å². The zero-order valence-corrected chi connectivity index (χ0v) is 18.6. The number of thioether (sulfide) groups is 2. The number of amides is 1. The number of anilines is 1. The highest BCUT2D eigenvalue weighted by Gasteiger charge is 2.17. The number of nitrogens with one attached hydrogen (secondary N) is 1. The Labute approximate surface area is 179 Å². The van der Waals surface area contributed by atoms with Gasteiger partial charge in [0.15, 0.2) is 9.99 Å². The number of aromatic nitrogens is 6. The largest absolute Gasteiger partial charge is 0.321 e. The summed E-state index contributed by atoms with van der Waals surface area (Å²) in [6.07, 6.45) is 0. The summed E-state index contributed by atoms with van der Waals surface area (Å²) < 4.78 is 2.99. The molecule has 150 valence electrons. The van der Waals surface area contributed by atoms with Crippen LogP contribution in [0.25, 0.3) is 22.1 Å². The van der Waals surface area contributed by atoms with Gasteiger partial charge in [0.1, 0.15) is 5.52 Å². The lowest BCUT2D eigenvalue weighted by Gasteiger charge is -2.10. The molecule has 0 spiro atoms. The summed E-state index contributed by atoms with van der Waals surface area (Å²) in [5.41, 5.74) is 2.64. The predicted molar refractivity (Wildman–Crippen MR) is 119 cm³/mol. The number of fused-ring (bicyclic) bond motifs is 3. The molecular weight excluding hydrogens is 426 g/mol. The van der Waals surface area contributed by atoms with Gasteiger partial charge in [0, 0.05) is 11.4 Å². The summed E-state index contributed by atoms with van der Waals surface area (Å²) in [4.78, 5) is 16.9. The molecule has 8 nitrogen and oxygen atoms in total. The van der Waals surface area contributed by atoms with Gasteiger partial charge in [-0.05, 0) is 25.7 Å². The lowest BCUT2D eigenvalue weighted by Crippen LogP contribution is -2.14. The molecule has 0 radical (unpaired) electrons. The van der Waals surface area contributed by atoms with Gasteiger partial charge in [-0.15, -0.1) is 20.4 Å². The minimum absolute atomic E-state index is 0.172. The van der Waals surface area contributed by atoms with E-state index in [0.29, 0.717) is 10.3 Å². The van der Waals surface area contributed by atoms with Crippen molar-refractivity contribution in [1.82, 2.24) is 29.9 Å². The molecule has 1 aromatic carbocycles. The minimum Gasteiger partial charge on any atom is -0.321 e. The lowest BCUT2D eigenvalue weighted by atomic mass is 10.2. The molecule has 3 aromatic heterocycles. The van der Waals surface area contributed by atoms with E-state index >= 15 is 0 Å². The first-order valence-electron chi connectivity index (χ1n) is 9.09. The fraction of sp³-hybridized carbons (Fsp3) is 0.333. The molecule has 0 aliphatic carbocycles. The number of carbonyl (C=O) groups excluding carboxylic acids is 1. The van der Waals surface area contributed by atoms with Crippen molar-refractivity contribution in [3.8, 4) is 0 Å². The Morgan fingerprint density at radius 3 is 2.79 bits per heavy atom. The molecule has 4 rings (SSSR count). The second-order valence-corrected chi connectivity index (χ2v) is 9.82. The quantitative estimate of drug-likeness (QED) is 0.333. The molecule has 0 bridgehead atoms. The molecule has 0 saturated heterocycles. The Morgan fingerprint density at radius 2 is 2.00 bits per heavy atom. The number of rotatable bonds is 7. The van der Waals surface area contributed by atoms with Crippen LogP contribution >= 0.6 is 34.9 Å². The standard InChI is InChI=1S/C18H19N7OS3/c1-4-27-18-24-23-17(29-18)19-13(26)9-28-16-20-15-14(21-22-16)11-7-5-6-8-12(11)25(15)10(2)3/h5-8,10H,4,9H2,1-3H3,(H,19,23,26). The number of benzene rings is 1. The van der Waals surface area contributed by atoms with Crippen LogP contribution in [0, 0.1) is 0 Å². The van der Waals surface area contributed by atoms with E-state index in [4.69, 9.17) is 0 Å². The molecule has 4 aromatic rings. The fourth-order valence-corrected chi connectivity index (χ4v) is 5.20. The minimum atomic E-state index is -0.174. The van der Waals surface area contributed by atoms with Crippen LogP contribution in [0.1, 0.15) is 26.8 Å². The molecule has 0 fully saturated rings. The molecule has 3 heterocycles. The van der Waals surface area contributed by atoms with Crippen molar-refractivity contribution >= 4 is 68.0 Å². The molecule has 0 aliphatic heterocycles. The maximum absolute atomic E-state index is 12.3. The van der Waals surface area contributed by atoms with Gasteiger partial charge in [0.05, 0.1) is 11.3 Å². The highest BCUT2D eigenvalue weighted by atomic mass is 32.2. The highest BCUT2D eigenvalue weighted by Crippen LogP contribution is 2.30. The van der Waals surface area contributed by atoms with Gasteiger partial charge >= 0.3 is 0 Å². The van der Waals surface area contributed by atoms with Gasteiger partial charge in [-0.1, -0.05) is 60.0 Å². The molecule has 0 aliphatic rings. The SMILES string of the molecule is CCSc1nnc(NC(=O)CSc2nnc3c4ccccc4n(C(C)C)c3n2)s1. The van der Waals surface area contributed by atoms with E-state index in [2.05, 4.69) is 55.2 Å². The van der Waals surface area contributed by atoms with Gasteiger partial charge in [0.2, 0.25) is 16.2 Å². The van der Waals surface area contributed by atoms with Gasteiger partial charge < -0.3 is 4.57 Å². The summed E-state index contributed by atoms with van der Waals surface area (Å²) in [7, 11) is 0. The van der Waals surface area contributed by atoms with Crippen molar-refractivity contribution in [2.24, 2.45) is 0 Å². The van der Waals surface area contributed by atoms with Crippen LogP contribution in [0.5, 0.6) is 0 Å². The van der Waals surface area contributed by atoms with E-state index in [1.54, 1.807) is 11.8 Å². The summed E-state index contributed by atoms with van der Waals surface area (Å²) in [6.45, 7) is 6.27. The average Bonchev–Trinajstić information content (AvgIpc) is 3.28. The fourth-order valence-electron chi connectivity index (χ4n) is 2.96. The van der Waals surface area contributed by atoms with Crippen LogP contribution in [-0.2, 0) is 4.79 Å². The number of carbonyl (C=O) groups is 1. The van der Waals surface area contributed by atoms with Crippen LogP contribution in [0.3, 0.4) is 0 Å². The smallest absolute Gasteiger partial charge is 0.236 e. The Balaban J connectivity index is 1.51. The summed E-state index contributed by atoms with van der Waals surface area (Å²) in [5, 5.41) is 21.4. The van der Waals surface area contributed by atoms with E-state index in [0.717, 1.165) is 32.2 Å². The Hall–Kier alpha value is -2.24. The maximum Gasteiger partial charge on any atom is 0.236 e. The van der Waals surface area contributed by atoms with Crippen LogP contribution < -0.4 is 5.32 Å². The normalized spacial score (nSPS) is 11.6. The summed E-state index contributed by atoms with van der Waals surface area (Å²) in [5.74, 6) is 0.913. The first-order valence-corrected chi connectivity index (χ1v) is 11.9. The second kappa shape index (κ2) is 8.64. The Morgan fingerprint density at radius 1 is 1.17 bits per heavy atom. The third-order valence-corrected chi connectivity index (χ3v) is 6.76. The van der Waals surface area contributed by atoms with E-state index in [9.17, 15) is 4.79 Å². The zero-order chi connectivity index (χ0) is 20.4. The van der Waals surface area contributed by atoms with Crippen molar-refractivity contribution in [2.75, 3.05) is 16.8 Å². The topological polar surface area (TPSA) is 98.5 Å². The maximum atomic E-state index is 12.3. The number of hydrogen-bond donors (Lipinski definition) is 1. The van der Waals surface area contributed by atoms with E-state index in [1.165, 1.54) is 23.1 Å². The monoisotopic (exact) mass is 445 g/mol. The van der Waals surface area contributed by atoms with Gasteiger partial charge in [-0.25, -0.2) is 4.98 Å². The van der Waals surface area contributed by atoms with Crippen molar-refractivity contribution < 1.29 is 4.79 Å². The Bertz CT molecular complexity index is 1170. The molecule has 0 atom stereocenters. The van der Waals surface area contributed by atoms with Crippen LogP contribution in [-0.4, -0.2) is 47.4 Å². The van der Waals surface area contributed by atoms with Crippen molar-refractivity contribution in [3.05, 3.63) is 24.3 Å². The number of nitrogens with zero attached hydrogens (tertiary/aromatic N) is 6. The first-order chi connectivity index (χ1) is 14.1. The molecule has 1 N–H and O–H groups in total. The Kier molecular flexibility index (Phi) is 5.97. The van der Waals surface area contributed by atoms with Crippen LogP contribution in [0.15, 0.2) is 33.8 Å². The summed E-state index contributed by atoms with van der Waals surface area (Å²) in [6, 6.07) is 8.31. The van der Waals surface area contributed by atoms with E-state index in [-0.39, 0.29) is 17.7 Å². The van der Waals surface area contributed by atoms with Crippen LogP contribution in [0.4, 0.5) is 5.13 Å². The van der Waals surface area contributed by atoms with Crippen molar-refractivity contribution in [3.63, 3.8) is 0 Å². The van der Waals surface area contributed by atoms with Crippen molar-refractivity contribution in [1.29, 1.82) is 0 Å². The third kappa shape index (κ3) is 4.21. The predicted octanol–water partition coefficient (Wildman–Crippen LogP) is 4.25. The molecule has 29 heavy (non-hydrogen) atoms.